The maximum absolute atomic E-state index is 12.8. The highest BCUT2D eigenvalue weighted by Gasteiger charge is 2.27. The van der Waals surface area contributed by atoms with Gasteiger partial charge in [-0.1, -0.05) is 12.0 Å². The molecule has 8 heteroatoms. The van der Waals surface area contributed by atoms with Crippen molar-refractivity contribution in [1.29, 1.82) is 0 Å². The van der Waals surface area contributed by atoms with Gasteiger partial charge in [0.25, 0.3) is 0 Å². The Balaban J connectivity index is 1.88. The molecule has 0 saturated heterocycles. The highest BCUT2D eigenvalue weighted by Crippen LogP contribution is 2.25. The van der Waals surface area contributed by atoms with Gasteiger partial charge in [-0.25, -0.2) is 14.8 Å². The van der Waals surface area contributed by atoms with Crippen molar-refractivity contribution in [3.05, 3.63) is 47.9 Å². The van der Waals surface area contributed by atoms with E-state index in [9.17, 15) is 9.59 Å². The van der Waals surface area contributed by atoms with E-state index >= 15 is 0 Å². The Morgan fingerprint density at radius 1 is 1.28 bits per heavy atom. The summed E-state index contributed by atoms with van der Waals surface area (Å²) < 4.78 is 7.33. The number of carbonyl (C=O) groups is 2. The van der Waals surface area contributed by atoms with Gasteiger partial charge in [-0.2, -0.15) is 0 Å². The van der Waals surface area contributed by atoms with Gasteiger partial charge in [0, 0.05) is 18.3 Å². The minimum absolute atomic E-state index is 0.286. The second kappa shape index (κ2) is 8.71. The van der Waals surface area contributed by atoms with Gasteiger partial charge in [0.1, 0.15) is 28.8 Å². The predicted octanol–water partition coefficient (Wildman–Crippen LogP) is 3.88. The van der Waals surface area contributed by atoms with Crippen LogP contribution in [0.5, 0.6) is 0 Å². The number of anilines is 1. The summed E-state index contributed by atoms with van der Waals surface area (Å²) in [6.07, 6.45) is 6.77. The van der Waals surface area contributed by atoms with Crippen molar-refractivity contribution in [3.63, 3.8) is 0 Å². The van der Waals surface area contributed by atoms with E-state index in [0.29, 0.717) is 5.69 Å². The fourth-order valence-corrected chi connectivity index (χ4v) is 3.12. The summed E-state index contributed by atoms with van der Waals surface area (Å²) in [7, 11) is 1.51. The number of ether oxygens (including phenoxy) is 1. The zero-order chi connectivity index (χ0) is 23.6. The predicted molar refractivity (Wildman–Crippen MR) is 123 cm³/mol. The second-order valence-corrected chi connectivity index (χ2v) is 8.53. The van der Waals surface area contributed by atoms with E-state index in [1.807, 2.05) is 29.5 Å². The number of aromatic nitrogens is 3. The number of aryl methyl sites for hydroxylation is 1. The second-order valence-electron chi connectivity index (χ2n) is 8.53. The minimum atomic E-state index is -0.789. The average molecular weight is 434 g/mol. The fraction of sp³-hybridized carbons (Fsp3) is 0.333. The van der Waals surface area contributed by atoms with E-state index in [-0.39, 0.29) is 5.82 Å². The van der Waals surface area contributed by atoms with Gasteiger partial charge in [-0.15, -0.1) is 6.42 Å². The van der Waals surface area contributed by atoms with Crippen molar-refractivity contribution in [2.75, 3.05) is 12.4 Å². The molecule has 3 aromatic rings. The molecule has 0 saturated carbocycles. The van der Waals surface area contributed by atoms with Crippen molar-refractivity contribution >= 4 is 23.5 Å². The zero-order valence-electron chi connectivity index (χ0n) is 19.1. The molecule has 0 fully saturated rings. The van der Waals surface area contributed by atoms with Crippen LogP contribution < -0.4 is 5.32 Å². The van der Waals surface area contributed by atoms with Crippen LogP contribution in [0.1, 0.15) is 39.1 Å². The summed E-state index contributed by atoms with van der Waals surface area (Å²) in [4.78, 5) is 35.1. The van der Waals surface area contributed by atoms with Crippen molar-refractivity contribution in [1.82, 2.24) is 19.3 Å². The molecule has 3 aromatic heterocycles. The number of rotatable bonds is 4. The normalized spacial score (nSPS) is 12.2. The molecule has 0 aliphatic heterocycles. The van der Waals surface area contributed by atoms with Gasteiger partial charge in [0.05, 0.1) is 11.9 Å². The number of carbonyl (C=O) groups excluding carboxylic acids is 2. The number of hydrogen-bond acceptors (Lipinski definition) is 5. The van der Waals surface area contributed by atoms with E-state index in [2.05, 4.69) is 21.2 Å². The van der Waals surface area contributed by atoms with Crippen molar-refractivity contribution in [3.8, 4) is 23.6 Å². The Bertz CT molecular complexity index is 1220. The third-order valence-electron chi connectivity index (χ3n) is 4.89. The SMILES string of the molecule is C#Cc1cc(-c2cnc3cccc(C)n23)cc(NC(=O)[C@@H](C)N(C)C(=O)OC(C)(C)C)n1. The van der Waals surface area contributed by atoms with Crippen LogP contribution >= 0.6 is 0 Å². The Morgan fingerprint density at radius 2 is 2.00 bits per heavy atom. The molecule has 3 rings (SSSR count). The molecule has 2 amide bonds. The van der Waals surface area contributed by atoms with E-state index in [1.54, 1.807) is 46.0 Å². The van der Waals surface area contributed by atoms with Gasteiger partial charge in [0.15, 0.2) is 0 Å². The number of hydrogen-bond donors (Lipinski definition) is 1. The van der Waals surface area contributed by atoms with Gasteiger partial charge < -0.3 is 10.1 Å². The molecule has 0 aliphatic rings. The molecule has 3 heterocycles. The summed E-state index contributed by atoms with van der Waals surface area (Å²) in [5, 5.41) is 2.76. The Labute approximate surface area is 187 Å². The lowest BCUT2D eigenvalue weighted by Crippen LogP contribution is -2.45. The van der Waals surface area contributed by atoms with Gasteiger partial charge in [-0.3, -0.25) is 14.1 Å². The topological polar surface area (TPSA) is 88.8 Å². The van der Waals surface area contributed by atoms with Gasteiger partial charge in [0.2, 0.25) is 5.91 Å². The molecule has 166 valence electrons. The third kappa shape index (κ3) is 4.89. The van der Waals surface area contributed by atoms with Gasteiger partial charge >= 0.3 is 6.09 Å². The first-order valence-corrected chi connectivity index (χ1v) is 10.2. The maximum atomic E-state index is 12.8. The lowest BCUT2D eigenvalue weighted by molar-refractivity contribution is -0.120. The molecular weight excluding hydrogens is 406 g/mol. The van der Waals surface area contributed by atoms with Crippen molar-refractivity contribution in [2.24, 2.45) is 0 Å². The molecule has 1 N–H and O–H groups in total. The summed E-state index contributed by atoms with van der Waals surface area (Å²) in [5.41, 5.74) is 3.11. The first-order chi connectivity index (χ1) is 15.0. The van der Waals surface area contributed by atoms with E-state index in [4.69, 9.17) is 11.2 Å². The lowest BCUT2D eigenvalue weighted by Gasteiger charge is -2.28. The number of likely N-dealkylation sites (N-methyl/N-ethyl adjacent to an activating group) is 1. The largest absolute Gasteiger partial charge is 0.444 e. The number of amides is 2. The van der Waals surface area contributed by atoms with E-state index in [1.165, 1.54) is 11.9 Å². The molecule has 1 atom stereocenters. The molecular formula is C24H27N5O3. The van der Waals surface area contributed by atoms with Crippen LogP contribution in [0.2, 0.25) is 0 Å². The first-order valence-electron chi connectivity index (χ1n) is 10.2. The van der Waals surface area contributed by atoms with Crippen LogP contribution in [0.4, 0.5) is 10.6 Å². The molecule has 0 radical (unpaired) electrons. The summed E-state index contributed by atoms with van der Waals surface area (Å²) in [6.45, 7) is 8.89. The van der Waals surface area contributed by atoms with Crippen molar-refractivity contribution < 1.29 is 14.3 Å². The molecule has 0 aliphatic carbocycles. The van der Waals surface area contributed by atoms with E-state index in [0.717, 1.165) is 22.6 Å². The number of nitrogens with zero attached hydrogens (tertiary/aromatic N) is 4. The Morgan fingerprint density at radius 3 is 2.66 bits per heavy atom. The third-order valence-corrected chi connectivity index (χ3v) is 4.89. The number of pyridine rings is 2. The molecule has 32 heavy (non-hydrogen) atoms. The van der Waals surface area contributed by atoms with E-state index < -0.39 is 23.6 Å². The standard InChI is InChI=1S/C24H27N5O3/c1-8-18-12-17(19-14-25-21-11-9-10-15(2)29(19)21)13-20(26-18)27-22(30)16(3)28(7)23(31)32-24(4,5)6/h1,9-14,16H,2-7H3,(H,26,27,30)/t16-/m1/s1. The Hall–Kier alpha value is -3.86. The summed E-state index contributed by atoms with van der Waals surface area (Å²) in [5.74, 6) is 2.39. The Kier molecular flexibility index (Phi) is 6.21. The summed E-state index contributed by atoms with van der Waals surface area (Å²) >= 11 is 0. The quantitative estimate of drug-likeness (QED) is 0.631. The van der Waals surface area contributed by atoms with Crippen LogP contribution in [0.15, 0.2) is 36.5 Å². The van der Waals surface area contributed by atoms with Crippen molar-refractivity contribution in [2.45, 2.75) is 46.3 Å². The van der Waals surface area contributed by atoms with Crippen LogP contribution in [0.25, 0.3) is 16.9 Å². The van der Waals surface area contributed by atoms with Crippen LogP contribution in [0.3, 0.4) is 0 Å². The average Bonchev–Trinajstić information content (AvgIpc) is 3.16. The minimum Gasteiger partial charge on any atom is -0.444 e. The van der Waals surface area contributed by atoms with Crippen LogP contribution in [0, 0.1) is 19.3 Å². The number of fused-ring (bicyclic) bond motifs is 1. The highest BCUT2D eigenvalue weighted by molar-refractivity contribution is 5.96. The van der Waals surface area contributed by atoms with Crippen LogP contribution in [-0.4, -0.2) is 50.0 Å². The van der Waals surface area contributed by atoms with Crippen LogP contribution in [-0.2, 0) is 9.53 Å². The monoisotopic (exact) mass is 433 g/mol. The molecule has 0 unspecified atom stereocenters. The molecule has 0 aromatic carbocycles. The lowest BCUT2D eigenvalue weighted by atomic mass is 10.1. The molecule has 0 bridgehead atoms. The number of nitrogens with one attached hydrogen (secondary N) is 1. The smallest absolute Gasteiger partial charge is 0.410 e. The number of terminal acetylenes is 1. The maximum Gasteiger partial charge on any atom is 0.410 e. The zero-order valence-corrected chi connectivity index (χ0v) is 19.1. The first kappa shape index (κ1) is 22.8. The van der Waals surface area contributed by atoms with Gasteiger partial charge in [-0.05, 0) is 58.9 Å². The molecule has 0 spiro atoms. The number of imidazole rings is 1. The fourth-order valence-electron chi connectivity index (χ4n) is 3.12. The highest BCUT2D eigenvalue weighted by atomic mass is 16.6. The summed E-state index contributed by atoms with van der Waals surface area (Å²) in [6, 6.07) is 8.54. The molecule has 8 nitrogen and oxygen atoms in total.